The highest BCUT2D eigenvalue weighted by molar-refractivity contribution is 5.61. The van der Waals surface area contributed by atoms with E-state index in [0.717, 1.165) is 48.9 Å². The first-order valence-corrected chi connectivity index (χ1v) is 8.76. The number of fused-ring (bicyclic) bond motifs is 1. The molecule has 1 aromatic heterocycles. The van der Waals surface area contributed by atoms with Crippen LogP contribution in [0.15, 0.2) is 24.3 Å². The van der Waals surface area contributed by atoms with E-state index in [-0.39, 0.29) is 6.10 Å². The lowest BCUT2D eigenvalue weighted by Gasteiger charge is -2.19. The van der Waals surface area contributed by atoms with Gasteiger partial charge in [-0.1, -0.05) is 0 Å². The molecular weight excluding hydrogens is 302 g/mol. The molecule has 5 heteroatoms. The van der Waals surface area contributed by atoms with Crippen LogP contribution in [-0.2, 0) is 17.6 Å². The van der Waals surface area contributed by atoms with Crippen LogP contribution >= 0.6 is 0 Å². The predicted octanol–water partition coefficient (Wildman–Crippen LogP) is 3.58. The average molecular weight is 325 g/mol. The zero-order chi connectivity index (χ0) is 16.4. The van der Waals surface area contributed by atoms with E-state index in [9.17, 15) is 0 Å². The summed E-state index contributed by atoms with van der Waals surface area (Å²) in [5.41, 5.74) is 3.50. The molecule has 1 unspecified atom stereocenters. The summed E-state index contributed by atoms with van der Waals surface area (Å²) in [5.74, 6) is 2.67. The maximum Gasteiger partial charge on any atom is 0.137 e. The van der Waals surface area contributed by atoms with Gasteiger partial charge < -0.3 is 14.8 Å². The number of aromatic nitrogens is 2. The van der Waals surface area contributed by atoms with Crippen molar-refractivity contribution in [2.45, 2.75) is 45.1 Å². The Bertz CT molecular complexity index is 709. The minimum absolute atomic E-state index is 0.181. The van der Waals surface area contributed by atoms with Crippen LogP contribution in [0, 0.1) is 6.92 Å². The van der Waals surface area contributed by atoms with Gasteiger partial charge in [-0.25, -0.2) is 9.97 Å². The van der Waals surface area contributed by atoms with Crippen molar-refractivity contribution in [2.24, 2.45) is 0 Å². The first-order chi connectivity index (χ1) is 11.8. The molecule has 1 saturated heterocycles. The van der Waals surface area contributed by atoms with E-state index < -0.39 is 0 Å². The highest BCUT2D eigenvalue weighted by Gasteiger charge is 2.18. The molecule has 126 valence electrons. The molecule has 1 fully saturated rings. The van der Waals surface area contributed by atoms with Gasteiger partial charge in [0.25, 0.3) is 0 Å². The van der Waals surface area contributed by atoms with Crippen LogP contribution < -0.4 is 10.1 Å². The number of hydrogen-bond acceptors (Lipinski definition) is 5. The Kier molecular flexibility index (Phi) is 4.34. The van der Waals surface area contributed by atoms with Crippen LogP contribution in [0.2, 0.25) is 0 Å². The van der Waals surface area contributed by atoms with Gasteiger partial charge >= 0.3 is 0 Å². The quantitative estimate of drug-likeness (QED) is 0.931. The second-order valence-electron chi connectivity index (χ2n) is 6.50. The molecule has 1 aliphatic carbocycles. The van der Waals surface area contributed by atoms with Crippen molar-refractivity contribution in [1.29, 1.82) is 0 Å². The molecule has 1 aliphatic heterocycles. The zero-order valence-corrected chi connectivity index (χ0v) is 14.0. The minimum atomic E-state index is 0.181. The van der Waals surface area contributed by atoms with Gasteiger partial charge in [-0.2, -0.15) is 0 Å². The van der Waals surface area contributed by atoms with Crippen molar-refractivity contribution in [3.8, 4) is 5.75 Å². The lowest BCUT2D eigenvalue weighted by atomic mass is 9.96. The molecule has 0 saturated carbocycles. The Hall–Kier alpha value is -2.14. The fraction of sp³-hybridized carbons (Fsp3) is 0.474. The molecule has 0 spiro atoms. The van der Waals surface area contributed by atoms with Crippen LogP contribution in [0.25, 0.3) is 0 Å². The maximum atomic E-state index is 5.91. The van der Waals surface area contributed by atoms with Crippen LogP contribution in [0.3, 0.4) is 0 Å². The fourth-order valence-electron chi connectivity index (χ4n) is 3.37. The summed E-state index contributed by atoms with van der Waals surface area (Å²) in [6.07, 6.45) is 5.70. The Morgan fingerprint density at radius 2 is 1.96 bits per heavy atom. The highest BCUT2D eigenvalue weighted by atomic mass is 16.5. The first kappa shape index (κ1) is 15.4. The average Bonchev–Trinajstić information content (AvgIpc) is 3.09. The van der Waals surface area contributed by atoms with Crippen molar-refractivity contribution in [3.05, 3.63) is 41.3 Å². The molecule has 2 aliphatic rings. The van der Waals surface area contributed by atoms with Crippen molar-refractivity contribution in [1.82, 2.24) is 9.97 Å². The number of benzene rings is 1. The van der Waals surface area contributed by atoms with Gasteiger partial charge in [-0.05, 0) is 56.9 Å². The van der Waals surface area contributed by atoms with Gasteiger partial charge in [0.2, 0.25) is 0 Å². The molecule has 0 radical (unpaired) electrons. The molecule has 1 aromatic carbocycles. The van der Waals surface area contributed by atoms with E-state index in [0.29, 0.717) is 6.61 Å². The Morgan fingerprint density at radius 1 is 1.12 bits per heavy atom. The van der Waals surface area contributed by atoms with Crippen LogP contribution in [0.5, 0.6) is 5.75 Å². The lowest BCUT2D eigenvalue weighted by Crippen LogP contribution is -2.15. The normalized spacial score (nSPS) is 19.8. The van der Waals surface area contributed by atoms with E-state index in [4.69, 9.17) is 9.47 Å². The molecule has 2 aromatic rings. The van der Waals surface area contributed by atoms with Crippen molar-refractivity contribution < 1.29 is 9.47 Å². The fourth-order valence-corrected chi connectivity index (χ4v) is 3.37. The largest absolute Gasteiger partial charge is 0.488 e. The van der Waals surface area contributed by atoms with E-state index in [1.54, 1.807) is 0 Å². The van der Waals surface area contributed by atoms with Gasteiger partial charge in [0.15, 0.2) is 0 Å². The highest BCUT2D eigenvalue weighted by Crippen LogP contribution is 2.28. The molecule has 5 nitrogen and oxygen atoms in total. The first-order valence-electron chi connectivity index (χ1n) is 8.76. The van der Waals surface area contributed by atoms with E-state index in [1.807, 2.05) is 31.2 Å². The van der Waals surface area contributed by atoms with E-state index in [1.165, 1.54) is 24.1 Å². The molecular formula is C19H23N3O2. The third-order valence-electron chi connectivity index (χ3n) is 4.60. The summed E-state index contributed by atoms with van der Waals surface area (Å²) in [5, 5.41) is 3.46. The topological polar surface area (TPSA) is 56.3 Å². The maximum absolute atomic E-state index is 5.91. The van der Waals surface area contributed by atoms with Crippen molar-refractivity contribution >= 4 is 11.5 Å². The minimum Gasteiger partial charge on any atom is -0.488 e. The third-order valence-corrected chi connectivity index (χ3v) is 4.60. The van der Waals surface area contributed by atoms with Gasteiger partial charge in [0.1, 0.15) is 23.5 Å². The van der Waals surface area contributed by atoms with Gasteiger partial charge in [0, 0.05) is 23.4 Å². The predicted molar refractivity (Wildman–Crippen MR) is 93.0 cm³/mol. The number of anilines is 2. The summed E-state index contributed by atoms with van der Waals surface area (Å²) in [7, 11) is 0. The van der Waals surface area contributed by atoms with Crippen LogP contribution in [-0.4, -0.2) is 29.3 Å². The smallest absolute Gasteiger partial charge is 0.137 e. The molecule has 1 atom stereocenters. The number of aryl methyl sites for hydroxylation is 2. The number of hydrogen-bond donors (Lipinski definition) is 1. The van der Waals surface area contributed by atoms with Crippen LogP contribution in [0.4, 0.5) is 11.5 Å². The zero-order valence-electron chi connectivity index (χ0n) is 14.0. The van der Waals surface area contributed by atoms with Crippen molar-refractivity contribution in [3.63, 3.8) is 0 Å². The molecule has 1 N–H and O–H groups in total. The second kappa shape index (κ2) is 6.77. The van der Waals surface area contributed by atoms with Gasteiger partial charge in [-0.3, -0.25) is 0 Å². The summed E-state index contributed by atoms with van der Waals surface area (Å²) in [6.45, 7) is 3.44. The Labute approximate surface area is 142 Å². The second-order valence-corrected chi connectivity index (χ2v) is 6.50. The molecule has 2 heterocycles. The number of nitrogens with one attached hydrogen (secondary N) is 1. The monoisotopic (exact) mass is 325 g/mol. The number of rotatable bonds is 4. The van der Waals surface area contributed by atoms with Crippen molar-refractivity contribution in [2.75, 3.05) is 18.5 Å². The molecule has 24 heavy (non-hydrogen) atoms. The standard InChI is InChI=1S/C19H23N3O2/c1-13-20-18-5-3-2-4-17(18)19(21-13)22-14-6-8-15(9-7-14)24-16-10-11-23-12-16/h6-9,16H,2-5,10-12H2,1H3,(H,20,21,22). The van der Waals surface area contributed by atoms with Gasteiger partial charge in [0.05, 0.1) is 13.2 Å². The van der Waals surface area contributed by atoms with E-state index in [2.05, 4.69) is 15.3 Å². The number of ether oxygens (including phenoxy) is 2. The summed E-state index contributed by atoms with van der Waals surface area (Å²) in [4.78, 5) is 9.22. The SMILES string of the molecule is Cc1nc2c(c(Nc3ccc(OC4CCOC4)cc3)n1)CCCC2. The molecule has 0 bridgehead atoms. The molecule has 0 amide bonds. The Morgan fingerprint density at radius 3 is 2.75 bits per heavy atom. The third kappa shape index (κ3) is 3.36. The van der Waals surface area contributed by atoms with Crippen LogP contribution in [0.1, 0.15) is 36.3 Å². The lowest BCUT2D eigenvalue weighted by molar-refractivity contribution is 0.141. The summed E-state index contributed by atoms with van der Waals surface area (Å²) in [6, 6.07) is 8.08. The summed E-state index contributed by atoms with van der Waals surface area (Å²) >= 11 is 0. The Balaban J connectivity index is 1.50. The number of nitrogens with zero attached hydrogens (tertiary/aromatic N) is 2. The summed E-state index contributed by atoms with van der Waals surface area (Å²) < 4.78 is 11.3. The van der Waals surface area contributed by atoms with Gasteiger partial charge in [-0.15, -0.1) is 0 Å². The molecule has 4 rings (SSSR count). The van der Waals surface area contributed by atoms with E-state index >= 15 is 0 Å².